The van der Waals surface area contributed by atoms with E-state index in [0.29, 0.717) is 35.0 Å². The van der Waals surface area contributed by atoms with Crippen LogP contribution in [0.2, 0.25) is 0 Å². The zero-order valence-corrected chi connectivity index (χ0v) is 24.0. The number of carbonyl (C=O) groups is 3. The minimum atomic E-state index is -0.694. The van der Waals surface area contributed by atoms with Gasteiger partial charge >= 0.3 is 0 Å². The van der Waals surface area contributed by atoms with Crippen molar-refractivity contribution < 1.29 is 28.2 Å². The Bertz CT molecular complexity index is 1490. The summed E-state index contributed by atoms with van der Waals surface area (Å²) in [6.07, 6.45) is 1.21. The van der Waals surface area contributed by atoms with E-state index in [4.69, 9.17) is 20.6 Å². The number of hydrogen-bond donors (Lipinski definition) is 4. The number of piperidine rings is 1. The normalized spacial score (nSPS) is 21.3. The number of nitrogens with one attached hydrogen (secondary N) is 3. The molecule has 2 fully saturated rings. The van der Waals surface area contributed by atoms with E-state index in [2.05, 4.69) is 10.6 Å². The molecule has 1 aliphatic heterocycles. The fourth-order valence-corrected chi connectivity index (χ4v) is 6.35. The second kappa shape index (κ2) is 11.9. The summed E-state index contributed by atoms with van der Waals surface area (Å²) in [5, 5.41) is 13.3. The van der Waals surface area contributed by atoms with Gasteiger partial charge in [0.25, 0.3) is 5.91 Å². The fraction of sp³-hybridized carbons (Fsp3) is 0.333. The van der Waals surface area contributed by atoms with Crippen LogP contribution in [0.5, 0.6) is 11.5 Å². The van der Waals surface area contributed by atoms with E-state index in [1.807, 2.05) is 13.0 Å². The summed E-state index contributed by atoms with van der Waals surface area (Å²) >= 11 is 1.33. The number of thiophene rings is 1. The molecule has 3 aromatic rings. The van der Waals surface area contributed by atoms with Gasteiger partial charge < -0.3 is 30.7 Å². The quantitative estimate of drug-likeness (QED) is 0.197. The van der Waals surface area contributed by atoms with Gasteiger partial charge in [-0.25, -0.2) is 4.39 Å². The lowest BCUT2D eigenvalue weighted by molar-refractivity contribution is -0.139. The van der Waals surface area contributed by atoms with Gasteiger partial charge in [0.15, 0.2) is 0 Å². The molecule has 1 unspecified atom stereocenters. The van der Waals surface area contributed by atoms with E-state index in [0.717, 1.165) is 11.3 Å². The summed E-state index contributed by atoms with van der Waals surface area (Å²) in [7, 11) is 1.60. The summed E-state index contributed by atoms with van der Waals surface area (Å²) in [5.41, 5.74) is 5.63. The summed E-state index contributed by atoms with van der Waals surface area (Å²) in [6, 6.07) is 14.3. The number of methoxy groups -OCH3 is 1. The number of amides is 3. The molecule has 1 saturated carbocycles. The van der Waals surface area contributed by atoms with E-state index in [1.165, 1.54) is 35.6 Å². The molecule has 2 heterocycles. The molecule has 1 saturated heterocycles. The number of hydrogen-bond acceptors (Lipinski definition) is 7. The van der Waals surface area contributed by atoms with Crippen molar-refractivity contribution >= 4 is 34.9 Å². The average Bonchev–Trinajstić information content (AvgIpc) is 3.30. The van der Waals surface area contributed by atoms with Crippen molar-refractivity contribution in [3.63, 3.8) is 0 Å². The van der Waals surface area contributed by atoms with Crippen molar-refractivity contribution in [3.05, 3.63) is 81.8 Å². The van der Waals surface area contributed by atoms with E-state index in [-0.39, 0.29) is 47.5 Å². The zero-order valence-electron chi connectivity index (χ0n) is 23.2. The van der Waals surface area contributed by atoms with Gasteiger partial charge in [-0.3, -0.25) is 19.8 Å². The Morgan fingerprint density at radius 1 is 1.10 bits per heavy atom. The highest BCUT2D eigenvalue weighted by molar-refractivity contribution is 7.14. The summed E-state index contributed by atoms with van der Waals surface area (Å²) in [5.74, 6) is -0.537. The fourth-order valence-electron chi connectivity index (χ4n) is 5.48. The van der Waals surface area contributed by atoms with Crippen molar-refractivity contribution in [2.24, 2.45) is 11.1 Å². The predicted octanol–water partition coefficient (Wildman–Crippen LogP) is 3.58. The third-order valence-electron chi connectivity index (χ3n) is 7.68. The number of rotatable bonds is 11. The summed E-state index contributed by atoms with van der Waals surface area (Å²) in [4.78, 5) is 42.7. The maximum atomic E-state index is 13.4. The molecular formula is C30H32FN5O5S. The third-order valence-corrected chi connectivity index (χ3v) is 8.99. The monoisotopic (exact) mass is 593 g/mol. The molecule has 42 heavy (non-hydrogen) atoms. The number of fused-ring (bicyclic) bond motifs is 1. The van der Waals surface area contributed by atoms with Crippen LogP contribution in [0.25, 0.3) is 0 Å². The van der Waals surface area contributed by atoms with Gasteiger partial charge in [0.1, 0.15) is 29.2 Å². The van der Waals surface area contributed by atoms with Gasteiger partial charge in [0, 0.05) is 29.0 Å². The minimum Gasteiger partial charge on any atom is -0.457 e. The number of amidine groups is 1. The van der Waals surface area contributed by atoms with Crippen molar-refractivity contribution in [2.45, 2.75) is 37.9 Å². The zero-order chi connectivity index (χ0) is 30.0. The van der Waals surface area contributed by atoms with Crippen LogP contribution in [0.3, 0.4) is 0 Å². The molecule has 0 radical (unpaired) electrons. The van der Waals surface area contributed by atoms with Crippen LogP contribution in [-0.4, -0.2) is 60.8 Å². The SMILES string of the molecule is COC[C@@]12C[C@@H]1N(C(=O)CNC(=O)c1ccc(Oc3ccc(F)cc3)cc1)[C@H](C(=O)NC(C)c1ccc(C(=N)N)s1)C2. The predicted molar refractivity (Wildman–Crippen MR) is 155 cm³/mol. The van der Waals surface area contributed by atoms with Crippen LogP contribution >= 0.6 is 11.3 Å². The number of nitrogens with zero attached hydrogens (tertiary/aromatic N) is 1. The van der Waals surface area contributed by atoms with Crippen LogP contribution in [-0.2, 0) is 14.3 Å². The molecular weight excluding hydrogens is 561 g/mol. The summed E-state index contributed by atoms with van der Waals surface area (Å²) in [6.45, 7) is 2.02. The molecule has 2 aromatic carbocycles. The highest BCUT2D eigenvalue weighted by Gasteiger charge is 2.67. The number of nitrogen functional groups attached to an aromatic ring is 1. The molecule has 0 spiro atoms. The van der Waals surface area contributed by atoms with Crippen LogP contribution in [0.4, 0.5) is 4.39 Å². The third kappa shape index (κ3) is 6.14. The molecule has 10 nitrogen and oxygen atoms in total. The maximum absolute atomic E-state index is 13.4. The molecule has 0 bridgehead atoms. The molecule has 1 aromatic heterocycles. The van der Waals surface area contributed by atoms with E-state index >= 15 is 0 Å². The van der Waals surface area contributed by atoms with E-state index in [9.17, 15) is 18.8 Å². The number of benzene rings is 2. The van der Waals surface area contributed by atoms with E-state index in [1.54, 1.807) is 42.3 Å². The largest absolute Gasteiger partial charge is 0.457 e. The molecule has 220 valence electrons. The minimum absolute atomic E-state index is 0.0322. The van der Waals surface area contributed by atoms with Crippen LogP contribution in [0, 0.1) is 16.6 Å². The second-order valence-electron chi connectivity index (χ2n) is 10.6. The van der Waals surface area contributed by atoms with Crippen molar-refractivity contribution in [1.29, 1.82) is 5.41 Å². The molecule has 3 amide bonds. The number of halogens is 1. The Kier molecular flexibility index (Phi) is 8.28. The van der Waals surface area contributed by atoms with Gasteiger partial charge in [0.2, 0.25) is 11.8 Å². The Balaban J connectivity index is 1.20. The summed E-state index contributed by atoms with van der Waals surface area (Å²) < 4.78 is 24.2. The number of nitrogens with two attached hydrogens (primary N) is 1. The van der Waals surface area contributed by atoms with Crippen LogP contribution < -0.4 is 21.1 Å². The highest BCUT2D eigenvalue weighted by atomic mass is 32.1. The maximum Gasteiger partial charge on any atom is 0.251 e. The first-order chi connectivity index (χ1) is 20.1. The standard InChI is InChI=1S/C30H32FN5O5S/c1-17(23-11-12-24(42-23)27(32)33)35-29(39)22-13-30(16-40-2)14-25(30)36(22)26(37)15-34-28(38)18-3-7-20(8-4-18)41-21-9-5-19(31)6-10-21/h3-12,17,22,25H,13-16H2,1-2H3,(H3,32,33)(H,34,38)(H,35,39)/t17?,22-,25-,30+/m0/s1. The van der Waals surface area contributed by atoms with Crippen molar-refractivity contribution in [3.8, 4) is 11.5 Å². The lowest BCUT2D eigenvalue weighted by atomic mass is 10.00. The number of carbonyl (C=O) groups excluding carboxylic acids is 3. The molecule has 5 rings (SSSR count). The molecule has 5 N–H and O–H groups in total. The Labute approximate surface area is 246 Å². The second-order valence-corrected chi connectivity index (χ2v) is 11.8. The lowest BCUT2D eigenvalue weighted by Crippen LogP contribution is -2.51. The first kappa shape index (κ1) is 29.2. The Morgan fingerprint density at radius 2 is 1.76 bits per heavy atom. The van der Waals surface area contributed by atoms with E-state index < -0.39 is 11.9 Å². The first-order valence-electron chi connectivity index (χ1n) is 13.5. The van der Waals surface area contributed by atoms with Gasteiger partial charge in [0.05, 0.1) is 24.1 Å². The van der Waals surface area contributed by atoms with Crippen molar-refractivity contribution in [1.82, 2.24) is 15.5 Å². The Morgan fingerprint density at radius 3 is 2.38 bits per heavy atom. The van der Waals surface area contributed by atoms with Crippen molar-refractivity contribution in [2.75, 3.05) is 20.3 Å². The Hall–Kier alpha value is -4.29. The molecule has 1 aliphatic carbocycles. The van der Waals surface area contributed by atoms with Gasteiger partial charge in [-0.05, 0) is 80.4 Å². The number of likely N-dealkylation sites (tertiary alicyclic amines) is 1. The van der Waals surface area contributed by atoms with Gasteiger partial charge in [-0.15, -0.1) is 11.3 Å². The smallest absolute Gasteiger partial charge is 0.251 e. The molecule has 4 atom stereocenters. The van der Waals surface area contributed by atoms with Crippen LogP contribution in [0.1, 0.15) is 45.9 Å². The topological polar surface area (TPSA) is 147 Å². The highest BCUT2D eigenvalue weighted by Crippen LogP contribution is 2.59. The van der Waals surface area contributed by atoms with Gasteiger partial charge in [-0.1, -0.05) is 0 Å². The number of ether oxygens (including phenoxy) is 2. The first-order valence-corrected chi connectivity index (χ1v) is 14.3. The average molecular weight is 594 g/mol. The van der Waals surface area contributed by atoms with Gasteiger partial charge in [-0.2, -0.15) is 0 Å². The molecule has 2 aliphatic rings. The van der Waals surface area contributed by atoms with Crippen LogP contribution in [0.15, 0.2) is 60.7 Å². The lowest BCUT2D eigenvalue weighted by Gasteiger charge is -2.28. The molecule has 12 heteroatoms.